The fraction of sp³-hybridized carbons (Fsp3) is 0.688. The number of piperidine rings is 1. The summed E-state index contributed by atoms with van der Waals surface area (Å²) in [6.45, 7) is 6.02. The number of carbonyl (C=O) groups excluding carboxylic acids is 1. The number of aromatic nitrogens is 2. The van der Waals surface area contributed by atoms with Crippen molar-refractivity contribution in [3.8, 4) is 0 Å². The van der Waals surface area contributed by atoms with E-state index in [-0.39, 0.29) is 18.1 Å². The number of fused-ring (bicyclic) bond motifs is 1. The third-order valence-electron chi connectivity index (χ3n) is 4.54. The molecule has 0 aromatic carbocycles. The average molecular weight is 304 g/mol. The maximum absolute atomic E-state index is 12.4. The summed E-state index contributed by atoms with van der Waals surface area (Å²) in [4.78, 5) is 14.8. The van der Waals surface area contributed by atoms with E-state index in [9.17, 15) is 4.79 Å². The Morgan fingerprint density at radius 2 is 2.36 bits per heavy atom. The maximum atomic E-state index is 12.4. The predicted octanol–water partition coefficient (Wildman–Crippen LogP) is 1.10. The molecule has 0 radical (unpaired) electrons. The molecule has 6 heteroatoms. The van der Waals surface area contributed by atoms with Crippen molar-refractivity contribution in [3.05, 3.63) is 24.0 Å². The molecule has 0 aliphatic carbocycles. The fourth-order valence-corrected chi connectivity index (χ4v) is 3.60. The topological polar surface area (TPSA) is 67.3 Å². The van der Waals surface area contributed by atoms with E-state index in [1.54, 1.807) is 12.3 Å². The zero-order valence-corrected chi connectivity index (χ0v) is 13.1. The van der Waals surface area contributed by atoms with Gasteiger partial charge in [-0.1, -0.05) is 6.92 Å². The summed E-state index contributed by atoms with van der Waals surface area (Å²) in [6, 6.07) is 1.74. The van der Waals surface area contributed by atoms with Crippen LogP contribution in [0.5, 0.6) is 0 Å². The molecule has 0 bridgehead atoms. The van der Waals surface area contributed by atoms with Gasteiger partial charge in [0.15, 0.2) is 0 Å². The molecule has 1 N–H and O–H groups in total. The van der Waals surface area contributed by atoms with Crippen LogP contribution in [0.15, 0.2) is 18.5 Å². The summed E-state index contributed by atoms with van der Waals surface area (Å²) in [5, 5.41) is 10.6. The summed E-state index contributed by atoms with van der Waals surface area (Å²) >= 11 is 0. The Morgan fingerprint density at radius 3 is 3.14 bits per heavy atom. The van der Waals surface area contributed by atoms with Gasteiger partial charge in [-0.05, 0) is 37.8 Å². The zero-order chi connectivity index (χ0) is 15.4. The number of hydrogen-bond acceptors (Lipinski definition) is 5. The van der Waals surface area contributed by atoms with Gasteiger partial charge in [0.25, 0.3) is 5.91 Å². The second kappa shape index (κ2) is 7.15. The summed E-state index contributed by atoms with van der Waals surface area (Å²) in [5.74, 6) is 0.432. The lowest BCUT2D eigenvalue weighted by molar-refractivity contribution is -0.0832. The second-order valence-electron chi connectivity index (χ2n) is 6.21. The van der Waals surface area contributed by atoms with Crippen LogP contribution in [0.1, 0.15) is 36.5 Å². The lowest BCUT2D eigenvalue weighted by Crippen LogP contribution is -2.61. The van der Waals surface area contributed by atoms with Gasteiger partial charge < -0.3 is 15.0 Å². The molecule has 1 amide bonds. The summed E-state index contributed by atoms with van der Waals surface area (Å²) in [6.07, 6.45) is 6.62. The van der Waals surface area contributed by atoms with Crippen LogP contribution in [-0.4, -0.2) is 59.4 Å². The van der Waals surface area contributed by atoms with Crippen molar-refractivity contribution >= 4 is 5.91 Å². The molecule has 6 nitrogen and oxygen atoms in total. The van der Waals surface area contributed by atoms with E-state index >= 15 is 0 Å². The van der Waals surface area contributed by atoms with Crippen molar-refractivity contribution in [2.24, 2.45) is 5.92 Å². The number of ether oxygens (including phenoxy) is 1. The SMILES string of the molecule is CCCN1C[C@@H]2CCCO[C@@H]2[C@H](NC(=O)c2ccnnc2)C1. The molecule has 120 valence electrons. The molecule has 3 rings (SSSR count). The van der Waals surface area contributed by atoms with E-state index < -0.39 is 0 Å². The van der Waals surface area contributed by atoms with E-state index in [0.29, 0.717) is 11.5 Å². The van der Waals surface area contributed by atoms with Gasteiger partial charge in [0.05, 0.1) is 30.1 Å². The second-order valence-corrected chi connectivity index (χ2v) is 6.21. The highest BCUT2D eigenvalue weighted by atomic mass is 16.5. The van der Waals surface area contributed by atoms with Crippen LogP contribution in [0.2, 0.25) is 0 Å². The third-order valence-corrected chi connectivity index (χ3v) is 4.54. The van der Waals surface area contributed by atoms with Crippen LogP contribution >= 0.6 is 0 Å². The van der Waals surface area contributed by atoms with Crippen LogP contribution in [0.25, 0.3) is 0 Å². The lowest BCUT2D eigenvalue weighted by Gasteiger charge is -2.46. The number of amides is 1. The number of hydrogen-bond donors (Lipinski definition) is 1. The van der Waals surface area contributed by atoms with Crippen LogP contribution in [0.3, 0.4) is 0 Å². The van der Waals surface area contributed by atoms with Gasteiger partial charge in [-0.15, -0.1) is 0 Å². The smallest absolute Gasteiger partial charge is 0.253 e. The molecule has 3 atom stereocenters. The van der Waals surface area contributed by atoms with Crippen LogP contribution in [-0.2, 0) is 4.74 Å². The Bertz CT molecular complexity index is 496. The first-order valence-electron chi connectivity index (χ1n) is 8.19. The summed E-state index contributed by atoms with van der Waals surface area (Å²) < 4.78 is 5.99. The Hall–Kier alpha value is -1.53. The van der Waals surface area contributed by atoms with E-state index in [0.717, 1.165) is 39.1 Å². The first kappa shape index (κ1) is 15.4. The van der Waals surface area contributed by atoms with E-state index in [1.807, 2.05) is 0 Å². The van der Waals surface area contributed by atoms with Gasteiger partial charge in [0, 0.05) is 19.7 Å². The van der Waals surface area contributed by atoms with Gasteiger partial charge in [-0.25, -0.2) is 0 Å². The lowest BCUT2D eigenvalue weighted by atomic mass is 9.85. The highest BCUT2D eigenvalue weighted by molar-refractivity contribution is 5.94. The Balaban J connectivity index is 1.70. The highest BCUT2D eigenvalue weighted by Crippen LogP contribution is 2.28. The van der Waals surface area contributed by atoms with E-state index in [4.69, 9.17) is 4.74 Å². The third kappa shape index (κ3) is 3.44. The van der Waals surface area contributed by atoms with E-state index in [2.05, 4.69) is 27.3 Å². The van der Waals surface area contributed by atoms with Crippen molar-refractivity contribution in [1.82, 2.24) is 20.4 Å². The molecule has 0 saturated carbocycles. The minimum absolute atomic E-state index is 0.0475. The van der Waals surface area contributed by atoms with Crippen molar-refractivity contribution in [2.75, 3.05) is 26.2 Å². The van der Waals surface area contributed by atoms with Gasteiger partial charge in [0.2, 0.25) is 0 Å². The van der Waals surface area contributed by atoms with Crippen LogP contribution in [0, 0.1) is 5.92 Å². The largest absolute Gasteiger partial charge is 0.376 e. The number of rotatable bonds is 4. The minimum atomic E-state index is -0.0915. The van der Waals surface area contributed by atoms with Crippen LogP contribution < -0.4 is 5.32 Å². The van der Waals surface area contributed by atoms with Gasteiger partial charge in [-0.3, -0.25) is 4.79 Å². The molecule has 2 aliphatic rings. The fourth-order valence-electron chi connectivity index (χ4n) is 3.60. The zero-order valence-electron chi connectivity index (χ0n) is 13.1. The Kier molecular flexibility index (Phi) is 5.00. The minimum Gasteiger partial charge on any atom is -0.376 e. The van der Waals surface area contributed by atoms with Crippen molar-refractivity contribution in [3.63, 3.8) is 0 Å². The first-order valence-corrected chi connectivity index (χ1v) is 8.19. The van der Waals surface area contributed by atoms with Crippen molar-refractivity contribution in [2.45, 2.75) is 38.3 Å². The first-order chi connectivity index (χ1) is 10.8. The van der Waals surface area contributed by atoms with Crippen molar-refractivity contribution in [1.29, 1.82) is 0 Å². The molecule has 1 aromatic heterocycles. The Labute approximate surface area is 131 Å². The normalized spacial score (nSPS) is 28.9. The number of nitrogens with one attached hydrogen (secondary N) is 1. The highest BCUT2D eigenvalue weighted by Gasteiger charge is 2.39. The van der Waals surface area contributed by atoms with Gasteiger partial charge in [-0.2, -0.15) is 10.2 Å². The molecule has 2 saturated heterocycles. The van der Waals surface area contributed by atoms with Crippen LogP contribution in [0.4, 0.5) is 0 Å². The Morgan fingerprint density at radius 1 is 1.45 bits per heavy atom. The molecule has 2 fully saturated rings. The number of carbonyl (C=O) groups is 1. The molecule has 1 aromatic rings. The average Bonchev–Trinajstić information content (AvgIpc) is 2.56. The van der Waals surface area contributed by atoms with Gasteiger partial charge >= 0.3 is 0 Å². The van der Waals surface area contributed by atoms with Crippen molar-refractivity contribution < 1.29 is 9.53 Å². The van der Waals surface area contributed by atoms with E-state index in [1.165, 1.54) is 12.6 Å². The predicted molar refractivity (Wildman–Crippen MR) is 82.5 cm³/mol. The number of nitrogens with zero attached hydrogens (tertiary/aromatic N) is 3. The molecule has 0 unspecified atom stereocenters. The molecule has 3 heterocycles. The standard InChI is InChI=1S/C16H24N4O2/c1-2-7-20-10-13-4-3-8-22-15(13)14(11-20)19-16(21)12-5-6-17-18-9-12/h5-6,9,13-15H,2-4,7-8,10-11H2,1H3,(H,19,21)/t13-,14+,15-/m0/s1. The molecule has 22 heavy (non-hydrogen) atoms. The molecule has 0 spiro atoms. The molecule has 2 aliphatic heterocycles. The monoisotopic (exact) mass is 304 g/mol. The molecular weight excluding hydrogens is 280 g/mol. The summed E-state index contributed by atoms with van der Waals surface area (Å²) in [5.41, 5.74) is 0.551. The quantitative estimate of drug-likeness (QED) is 0.902. The van der Waals surface area contributed by atoms with Gasteiger partial charge in [0.1, 0.15) is 0 Å². The molecular formula is C16H24N4O2. The summed E-state index contributed by atoms with van der Waals surface area (Å²) in [7, 11) is 0. The maximum Gasteiger partial charge on any atom is 0.253 e. The number of likely N-dealkylation sites (tertiary alicyclic amines) is 1.